The van der Waals surface area contributed by atoms with Crippen molar-refractivity contribution in [3.63, 3.8) is 0 Å². The highest BCUT2D eigenvalue weighted by Crippen LogP contribution is 2.38. The van der Waals surface area contributed by atoms with E-state index < -0.39 is 0 Å². The minimum Gasteiger partial charge on any atom is -0.367 e. The largest absolute Gasteiger partial charge is 0.367 e. The lowest BCUT2D eigenvalue weighted by atomic mass is 10.2. The molecule has 132 valence electrons. The van der Waals surface area contributed by atoms with Crippen LogP contribution >= 0.6 is 0 Å². The van der Waals surface area contributed by atoms with Gasteiger partial charge in [0.1, 0.15) is 0 Å². The Morgan fingerprint density at radius 2 is 1.68 bits per heavy atom. The van der Waals surface area contributed by atoms with Crippen molar-refractivity contribution in [3.8, 4) is 0 Å². The molecule has 2 aromatic rings. The van der Waals surface area contributed by atoms with E-state index in [4.69, 9.17) is 0 Å². The fourth-order valence-electron chi connectivity index (χ4n) is 3.81. The van der Waals surface area contributed by atoms with Gasteiger partial charge in [-0.15, -0.1) is 0 Å². The van der Waals surface area contributed by atoms with Gasteiger partial charge in [-0.1, -0.05) is 0 Å². The molecule has 0 atom stereocenters. The van der Waals surface area contributed by atoms with Gasteiger partial charge in [-0.2, -0.15) is 0 Å². The SMILES string of the molecule is Cc1cc(C(=O)N2CCN(C(=O)c3cc[nH]c3)CC2)c(C)n1C1CC1. The molecule has 1 N–H and O–H groups in total. The van der Waals surface area contributed by atoms with E-state index in [0.29, 0.717) is 37.8 Å². The third-order valence-corrected chi connectivity index (χ3v) is 5.33. The van der Waals surface area contributed by atoms with Crippen molar-refractivity contribution < 1.29 is 9.59 Å². The average Bonchev–Trinajstić information content (AvgIpc) is 3.19. The predicted octanol–water partition coefficient (Wildman–Crippen LogP) is 2.37. The van der Waals surface area contributed by atoms with E-state index in [1.807, 2.05) is 22.8 Å². The highest BCUT2D eigenvalue weighted by Gasteiger charge is 2.31. The molecule has 0 unspecified atom stereocenters. The molecule has 1 aliphatic heterocycles. The molecule has 0 radical (unpaired) electrons. The zero-order valence-corrected chi connectivity index (χ0v) is 14.8. The second kappa shape index (κ2) is 6.10. The van der Waals surface area contributed by atoms with Gasteiger partial charge in [-0.3, -0.25) is 9.59 Å². The smallest absolute Gasteiger partial charge is 0.255 e. The first-order chi connectivity index (χ1) is 12.1. The monoisotopic (exact) mass is 340 g/mol. The van der Waals surface area contributed by atoms with Crippen LogP contribution < -0.4 is 0 Å². The number of piperazine rings is 1. The number of nitrogens with one attached hydrogen (secondary N) is 1. The van der Waals surface area contributed by atoms with Crippen LogP contribution in [0.4, 0.5) is 0 Å². The van der Waals surface area contributed by atoms with Gasteiger partial charge in [-0.05, 0) is 38.8 Å². The number of carbonyl (C=O) groups is 2. The molecule has 25 heavy (non-hydrogen) atoms. The Labute approximate surface area is 147 Å². The molecule has 1 aliphatic carbocycles. The summed E-state index contributed by atoms with van der Waals surface area (Å²) in [4.78, 5) is 31.9. The van der Waals surface area contributed by atoms with E-state index in [1.165, 1.54) is 18.5 Å². The maximum atomic E-state index is 12.9. The minimum absolute atomic E-state index is 0.0280. The summed E-state index contributed by atoms with van der Waals surface area (Å²) in [7, 11) is 0. The molecule has 4 rings (SSSR count). The van der Waals surface area contributed by atoms with Crippen molar-refractivity contribution in [2.24, 2.45) is 0 Å². The lowest BCUT2D eigenvalue weighted by Gasteiger charge is -2.34. The van der Waals surface area contributed by atoms with Crippen LogP contribution in [0.5, 0.6) is 0 Å². The Hall–Kier alpha value is -2.50. The quantitative estimate of drug-likeness (QED) is 0.932. The molecule has 2 aromatic heterocycles. The first-order valence-corrected chi connectivity index (χ1v) is 8.96. The van der Waals surface area contributed by atoms with Gasteiger partial charge < -0.3 is 19.4 Å². The molecule has 3 heterocycles. The summed E-state index contributed by atoms with van der Waals surface area (Å²) in [5, 5.41) is 0. The van der Waals surface area contributed by atoms with E-state index in [0.717, 1.165) is 11.3 Å². The van der Waals surface area contributed by atoms with Crippen LogP contribution in [0.15, 0.2) is 24.5 Å². The molecule has 1 saturated carbocycles. The van der Waals surface area contributed by atoms with Gasteiger partial charge in [0.25, 0.3) is 11.8 Å². The summed E-state index contributed by atoms with van der Waals surface area (Å²) in [6.07, 6.45) is 5.89. The van der Waals surface area contributed by atoms with Crippen molar-refractivity contribution in [3.05, 3.63) is 47.0 Å². The first kappa shape index (κ1) is 16.0. The zero-order chi connectivity index (χ0) is 17.6. The van der Waals surface area contributed by atoms with E-state index in [9.17, 15) is 9.59 Å². The Balaban J connectivity index is 1.43. The summed E-state index contributed by atoms with van der Waals surface area (Å²) in [6, 6.07) is 4.39. The van der Waals surface area contributed by atoms with Crippen molar-refractivity contribution >= 4 is 11.8 Å². The fourth-order valence-corrected chi connectivity index (χ4v) is 3.81. The third kappa shape index (κ3) is 2.86. The van der Waals surface area contributed by atoms with Crippen LogP contribution in [-0.4, -0.2) is 57.3 Å². The summed E-state index contributed by atoms with van der Waals surface area (Å²) >= 11 is 0. The number of amides is 2. The molecule has 2 aliphatic rings. The molecule has 0 spiro atoms. The highest BCUT2D eigenvalue weighted by atomic mass is 16.2. The van der Waals surface area contributed by atoms with Gasteiger partial charge >= 0.3 is 0 Å². The number of nitrogens with zero attached hydrogens (tertiary/aromatic N) is 3. The van der Waals surface area contributed by atoms with Crippen LogP contribution in [-0.2, 0) is 0 Å². The van der Waals surface area contributed by atoms with Crippen LogP contribution in [0.25, 0.3) is 0 Å². The van der Waals surface area contributed by atoms with E-state index in [-0.39, 0.29) is 11.8 Å². The van der Waals surface area contributed by atoms with Gasteiger partial charge in [0.15, 0.2) is 0 Å². The molecule has 0 aromatic carbocycles. The summed E-state index contributed by atoms with van der Waals surface area (Å²) in [5.74, 6) is 0.119. The fraction of sp³-hybridized carbons (Fsp3) is 0.474. The van der Waals surface area contributed by atoms with Crippen LogP contribution in [0.1, 0.15) is 51.0 Å². The number of carbonyl (C=O) groups excluding carboxylic acids is 2. The van der Waals surface area contributed by atoms with Gasteiger partial charge in [-0.25, -0.2) is 0 Å². The number of aromatic nitrogens is 2. The second-order valence-corrected chi connectivity index (χ2v) is 7.07. The van der Waals surface area contributed by atoms with Crippen molar-refractivity contribution in [1.82, 2.24) is 19.4 Å². The van der Waals surface area contributed by atoms with E-state index in [2.05, 4.69) is 16.5 Å². The van der Waals surface area contributed by atoms with Crippen molar-refractivity contribution in [1.29, 1.82) is 0 Å². The summed E-state index contributed by atoms with van der Waals surface area (Å²) < 4.78 is 2.30. The Morgan fingerprint density at radius 1 is 1.04 bits per heavy atom. The second-order valence-electron chi connectivity index (χ2n) is 7.07. The normalized spacial score (nSPS) is 17.8. The van der Waals surface area contributed by atoms with Crippen molar-refractivity contribution in [2.45, 2.75) is 32.7 Å². The molecule has 1 saturated heterocycles. The standard InChI is InChI=1S/C19H24N4O2/c1-13-11-17(14(2)23(13)16-3-4-16)19(25)22-9-7-21(8-10-22)18(24)15-5-6-20-12-15/h5-6,11-12,16,20H,3-4,7-10H2,1-2H3. The number of aryl methyl sites for hydroxylation is 1. The first-order valence-electron chi connectivity index (χ1n) is 8.96. The average molecular weight is 340 g/mol. The molecule has 2 amide bonds. The Morgan fingerprint density at radius 3 is 2.24 bits per heavy atom. The number of aromatic amines is 1. The number of hydrogen-bond donors (Lipinski definition) is 1. The molecule has 6 heteroatoms. The lowest BCUT2D eigenvalue weighted by molar-refractivity contribution is 0.0535. The lowest BCUT2D eigenvalue weighted by Crippen LogP contribution is -2.50. The van der Waals surface area contributed by atoms with Crippen LogP contribution in [0.2, 0.25) is 0 Å². The highest BCUT2D eigenvalue weighted by molar-refractivity contribution is 5.96. The predicted molar refractivity (Wildman–Crippen MR) is 94.8 cm³/mol. The summed E-state index contributed by atoms with van der Waals surface area (Å²) in [5.41, 5.74) is 3.74. The molecule has 0 bridgehead atoms. The van der Waals surface area contributed by atoms with Crippen LogP contribution in [0, 0.1) is 13.8 Å². The molecular formula is C19H24N4O2. The minimum atomic E-state index is 0.0280. The Kier molecular flexibility index (Phi) is 3.90. The maximum Gasteiger partial charge on any atom is 0.255 e. The van der Waals surface area contributed by atoms with Gasteiger partial charge in [0.05, 0.1) is 11.1 Å². The van der Waals surface area contributed by atoms with E-state index in [1.54, 1.807) is 18.5 Å². The summed E-state index contributed by atoms with van der Waals surface area (Å²) in [6.45, 7) is 6.46. The van der Waals surface area contributed by atoms with Gasteiger partial charge in [0, 0.05) is 56.0 Å². The van der Waals surface area contributed by atoms with E-state index >= 15 is 0 Å². The Bertz CT molecular complexity index is 794. The number of hydrogen-bond acceptors (Lipinski definition) is 2. The van der Waals surface area contributed by atoms with Crippen LogP contribution in [0.3, 0.4) is 0 Å². The number of H-pyrrole nitrogens is 1. The molecule has 6 nitrogen and oxygen atoms in total. The number of rotatable bonds is 3. The molecular weight excluding hydrogens is 316 g/mol. The van der Waals surface area contributed by atoms with Crippen molar-refractivity contribution in [2.75, 3.05) is 26.2 Å². The molecule has 2 fully saturated rings. The third-order valence-electron chi connectivity index (χ3n) is 5.33. The topological polar surface area (TPSA) is 61.3 Å². The van der Waals surface area contributed by atoms with Gasteiger partial charge in [0.2, 0.25) is 0 Å². The zero-order valence-electron chi connectivity index (χ0n) is 14.8. The maximum absolute atomic E-state index is 12.9.